The maximum atomic E-state index is 6.45. The fourth-order valence-corrected chi connectivity index (χ4v) is 5.13. The van der Waals surface area contributed by atoms with Crippen LogP contribution in [0.3, 0.4) is 0 Å². The van der Waals surface area contributed by atoms with Crippen molar-refractivity contribution in [3.05, 3.63) is 120 Å². The normalized spacial score (nSPS) is 18.5. The van der Waals surface area contributed by atoms with Crippen LogP contribution in [0.2, 0.25) is 0 Å². The number of methoxy groups -OCH3 is 1. The Balaban J connectivity index is 1.16. The summed E-state index contributed by atoms with van der Waals surface area (Å²) in [7, 11) is 1.67. The summed E-state index contributed by atoms with van der Waals surface area (Å²) in [5, 5.41) is 3.51. The third-order valence-corrected chi connectivity index (χ3v) is 7.28. The second-order valence-corrected chi connectivity index (χ2v) is 10.2. The Kier molecular flexibility index (Phi) is 11.3. The summed E-state index contributed by atoms with van der Waals surface area (Å²) in [5.41, 5.74) is 4.30. The van der Waals surface area contributed by atoms with Gasteiger partial charge >= 0.3 is 0 Å². The molecule has 0 saturated carbocycles. The summed E-state index contributed by atoms with van der Waals surface area (Å²) in [5.74, 6) is 1.73. The van der Waals surface area contributed by atoms with Crippen LogP contribution in [-0.2, 0) is 34.0 Å². The van der Waals surface area contributed by atoms with E-state index in [4.69, 9.17) is 23.7 Å². The van der Waals surface area contributed by atoms with Gasteiger partial charge in [-0.1, -0.05) is 42.5 Å². The highest BCUT2D eigenvalue weighted by Crippen LogP contribution is 2.32. The maximum Gasteiger partial charge on any atom is 0.124 e. The maximum absolute atomic E-state index is 6.45. The van der Waals surface area contributed by atoms with Crippen LogP contribution in [0.15, 0.2) is 97.6 Å². The van der Waals surface area contributed by atoms with Crippen LogP contribution in [0.4, 0.5) is 0 Å². The summed E-state index contributed by atoms with van der Waals surface area (Å²) < 4.78 is 30.1. The second kappa shape index (κ2) is 16.0. The third kappa shape index (κ3) is 8.59. The van der Waals surface area contributed by atoms with Crippen molar-refractivity contribution >= 4 is 0 Å². The highest BCUT2D eigenvalue weighted by atomic mass is 16.5. The molecule has 8 heteroatoms. The molecule has 1 fully saturated rings. The number of benzene rings is 2. The van der Waals surface area contributed by atoms with Crippen molar-refractivity contribution in [1.29, 1.82) is 0 Å². The van der Waals surface area contributed by atoms with Crippen molar-refractivity contribution in [3.8, 4) is 11.5 Å². The fraction of sp³-hybridized carbons (Fsp3) is 0.353. The molecule has 42 heavy (non-hydrogen) atoms. The molecule has 5 rings (SSSR count). The van der Waals surface area contributed by atoms with Gasteiger partial charge in [0.1, 0.15) is 11.5 Å². The van der Waals surface area contributed by atoms with Crippen LogP contribution in [0, 0.1) is 0 Å². The Morgan fingerprint density at radius 2 is 1.40 bits per heavy atom. The summed E-state index contributed by atoms with van der Waals surface area (Å²) in [4.78, 5) is 8.44. The van der Waals surface area contributed by atoms with E-state index in [0.29, 0.717) is 33.0 Å². The largest absolute Gasteiger partial charge is 0.496 e. The summed E-state index contributed by atoms with van der Waals surface area (Å²) >= 11 is 0. The highest BCUT2D eigenvalue weighted by Gasteiger charge is 2.36. The number of nitrogens with one attached hydrogen (secondary N) is 1. The Morgan fingerprint density at radius 1 is 0.738 bits per heavy atom. The first-order valence-electron chi connectivity index (χ1n) is 14.4. The van der Waals surface area contributed by atoms with Gasteiger partial charge in [0.05, 0.1) is 52.4 Å². The van der Waals surface area contributed by atoms with E-state index in [-0.39, 0.29) is 18.1 Å². The molecule has 1 N–H and O–H groups in total. The SMILES string of the molecule is COc1ccccc1COCCCOc1ccc(C2C(OCc3cccnc3)CNCC2OCc2cccnc2)cc1. The van der Waals surface area contributed by atoms with Gasteiger partial charge in [-0.2, -0.15) is 0 Å². The van der Waals surface area contributed by atoms with Crippen LogP contribution >= 0.6 is 0 Å². The molecule has 3 heterocycles. The van der Waals surface area contributed by atoms with Gasteiger partial charge in [0.2, 0.25) is 0 Å². The minimum atomic E-state index is -0.0648. The molecular formula is C34H39N3O5. The van der Waals surface area contributed by atoms with Gasteiger partial charge in [-0.25, -0.2) is 0 Å². The van der Waals surface area contributed by atoms with Crippen molar-refractivity contribution in [2.75, 3.05) is 33.4 Å². The molecule has 0 amide bonds. The van der Waals surface area contributed by atoms with Gasteiger partial charge in [0.25, 0.3) is 0 Å². The second-order valence-electron chi connectivity index (χ2n) is 10.2. The Bertz CT molecular complexity index is 1270. The first-order valence-corrected chi connectivity index (χ1v) is 14.4. The van der Waals surface area contributed by atoms with Gasteiger partial charge in [-0.05, 0) is 47.0 Å². The molecular weight excluding hydrogens is 530 g/mol. The van der Waals surface area contributed by atoms with Crippen LogP contribution in [0.1, 0.15) is 34.6 Å². The van der Waals surface area contributed by atoms with E-state index in [0.717, 1.165) is 53.3 Å². The molecule has 0 bridgehead atoms. The van der Waals surface area contributed by atoms with E-state index in [1.807, 2.05) is 73.1 Å². The number of hydrogen-bond donors (Lipinski definition) is 1. The first kappa shape index (κ1) is 29.7. The average Bonchev–Trinajstić information content (AvgIpc) is 3.06. The number of nitrogens with zero attached hydrogens (tertiary/aromatic N) is 2. The molecule has 220 valence electrons. The predicted octanol–water partition coefficient (Wildman–Crippen LogP) is 5.33. The van der Waals surface area contributed by atoms with Gasteiger partial charge in [0.15, 0.2) is 0 Å². The van der Waals surface area contributed by atoms with Gasteiger partial charge in [-0.3, -0.25) is 9.97 Å². The van der Waals surface area contributed by atoms with Crippen molar-refractivity contribution in [3.63, 3.8) is 0 Å². The zero-order valence-electron chi connectivity index (χ0n) is 24.1. The molecule has 0 spiro atoms. The van der Waals surface area contributed by atoms with Crippen molar-refractivity contribution in [1.82, 2.24) is 15.3 Å². The Morgan fingerprint density at radius 3 is 2.02 bits per heavy atom. The number of piperidine rings is 1. The lowest BCUT2D eigenvalue weighted by Gasteiger charge is -2.38. The van der Waals surface area contributed by atoms with E-state index in [2.05, 4.69) is 27.4 Å². The van der Waals surface area contributed by atoms with Crippen molar-refractivity contribution in [2.45, 2.75) is 44.4 Å². The summed E-state index contributed by atoms with van der Waals surface area (Å²) in [6, 6.07) is 24.2. The predicted molar refractivity (Wildman–Crippen MR) is 160 cm³/mol. The molecule has 0 aliphatic carbocycles. The van der Waals surface area contributed by atoms with Crippen LogP contribution in [-0.4, -0.2) is 55.6 Å². The minimum Gasteiger partial charge on any atom is -0.496 e. The molecule has 2 aromatic carbocycles. The Labute approximate surface area is 248 Å². The molecule has 2 atom stereocenters. The van der Waals surface area contributed by atoms with Crippen molar-refractivity contribution in [2.24, 2.45) is 0 Å². The van der Waals surface area contributed by atoms with E-state index < -0.39 is 0 Å². The number of ether oxygens (including phenoxy) is 5. The lowest BCUT2D eigenvalue weighted by atomic mass is 9.85. The van der Waals surface area contributed by atoms with Crippen LogP contribution in [0.5, 0.6) is 11.5 Å². The molecule has 8 nitrogen and oxygen atoms in total. The lowest BCUT2D eigenvalue weighted by molar-refractivity contribution is -0.0651. The standard InChI is InChI=1S/C34H39N3O5/c1-38-31-10-3-2-9-29(31)25-39-17-6-18-40-30-13-11-28(12-14-30)34-32(41-23-26-7-4-15-35-19-26)21-37-22-33(34)42-24-27-8-5-16-36-20-27/h2-5,7-16,19-20,32-34,37H,6,17-18,21-25H2,1H3. The molecule has 4 aromatic rings. The molecule has 1 saturated heterocycles. The summed E-state index contributed by atoms with van der Waals surface area (Å²) in [6.07, 6.45) is 7.90. The Hall–Kier alpha value is -3.82. The first-order chi connectivity index (χ1) is 20.8. The van der Waals surface area contributed by atoms with Gasteiger partial charge in [-0.15, -0.1) is 0 Å². The van der Waals surface area contributed by atoms with E-state index in [1.165, 1.54) is 0 Å². The number of para-hydroxylation sites is 1. The number of pyridine rings is 2. The lowest BCUT2D eigenvalue weighted by Crippen LogP contribution is -2.50. The van der Waals surface area contributed by atoms with E-state index in [1.54, 1.807) is 19.5 Å². The van der Waals surface area contributed by atoms with E-state index >= 15 is 0 Å². The molecule has 2 unspecified atom stereocenters. The number of hydrogen-bond acceptors (Lipinski definition) is 8. The quantitative estimate of drug-likeness (QED) is 0.193. The van der Waals surface area contributed by atoms with Gasteiger partial charge < -0.3 is 29.0 Å². The van der Waals surface area contributed by atoms with E-state index in [9.17, 15) is 0 Å². The number of aromatic nitrogens is 2. The topological polar surface area (TPSA) is 84.0 Å². The zero-order chi connectivity index (χ0) is 28.8. The van der Waals surface area contributed by atoms with Crippen molar-refractivity contribution < 1.29 is 23.7 Å². The third-order valence-electron chi connectivity index (χ3n) is 7.28. The van der Waals surface area contributed by atoms with Crippen LogP contribution < -0.4 is 14.8 Å². The number of rotatable bonds is 15. The molecule has 2 aromatic heterocycles. The molecule has 1 aliphatic heterocycles. The zero-order valence-corrected chi connectivity index (χ0v) is 24.1. The van der Waals surface area contributed by atoms with Gasteiger partial charge in [0, 0.05) is 55.8 Å². The highest BCUT2D eigenvalue weighted by molar-refractivity contribution is 5.33. The fourth-order valence-electron chi connectivity index (χ4n) is 5.13. The molecule has 1 aliphatic rings. The average molecular weight is 570 g/mol. The molecule has 0 radical (unpaired) electrons. The summed E-state index contributed by atoms with van der Waals surface area (Å²) in [6.45, 7) is 4.17. The smallest absolute Gasteiger partial charge is 0.124 e. The van der Waals surface area contributed by atoms with Crippen LogP contribution in [0.25, 0.3) is 0 Å². The minimum absolute atomic E-state index is 0.0528. The monoisotopic (exact) mass is 569 g/mol.